The Kier molecular flexibility index (Phi) is 6.36. The van der Waals surface area contributed by atoms with Crippen LogP contribution in [0.1, 0.15) is 0 Å². The van der Waals surface area contributed by atoms with Crippen LogP contribution in [-0.4, -0.2) is 0 Å². The van der Waals surface area contributed by atoms with Gasteiger partial charge in [0.25, 0.3) is 0 Å². The second-order valence-electron chi connectivity index (χ2n) is 13.3. The first kappa shape index (κ1) is 28.8. The van der Waals surface area contributed by atoms with E-state index in [0.717, 1.165) is 11.4 Å². The van der Waals surface area contributed by atoms with Crippen molar-refractivity contribution in [2.75, 3.05) is 4.90 Å². The third kappa shape index (κ3) is 4.45. The van der Waals surface area contributed by atoms with Crippen molar-refractivity contribution in [1.29, 1.82) is 0 Å². The lowest BCUT2D eigenvalue weighted by Crippen LogP contribution is -2.10. The molecule has 0 radical (unpaired) electrons. The van der Waals surface area contributed by atoms with E-state index >= 15 is 0 Å². The van der Waals surface area contributed by atoms with E-state index in [9.17, 15) is 0 Å². The molecule has 0 atom stereocenters. The Balaban J connectivity index is 1.23. The smallest absolute Gasteiger partial charge is 0.0554 e. The predicted molar refractivity (Wildman–Crippen MR) is 225 cm³/mol. The van der Waals surface area contributed by atoms with E-state index in [1.807, 2.05) is 22.7 Å². The highest BCUT2D eigenvalue weighted by molar-refractivity contribution is 7.27. The summed E-state index contributed by atoms with van der Waals surface area (Å²) in [6.45, 7) is 0. The molecule has 3 heteroatoms. The number of nitrogens with zero attached hydrogens (tertiary/aromatic N) is 1. The largest absolute Gasteiger partial charge is 0.310 e. The number of hydrogen-bond acceptors (Lipinski definition) is 3. The minimum Gasteiger partial charge on any atom is -0.310 e. The van der Waals surface area contributed by atoms with Crippen molar-refractivity contribution < 1.29 is 0 Å². The Morgan fingerprint density at radius 1 is 0.333 bits per heavy atom. The maximum absolute atomic E-state index is 2.48. The maximum atomic E-state index is 2.48. The summed E-state index contributed by atoms with van der Waals surface area (Å²) in [5.74, 6) is 0. The minimum absolute atomic E-state index is 1.15. The van der Waals surface area contributed by atoms with Crippen LogP contribution < -0.4 is 4.90 Å². The lowest BCUT2D eigenvalue weighted by atomic mass is 9.94. The minimum atomic E-state index is 1.15. The molecule has 238 valence electrons. The van der Waals surface area contributed by atoms with Crippen LogP contribution >= 0.6 is 22.7 Å². The Morgan fingerprint density at radius 2 is 0.882 bits per heavy atom. The lowest BCUT2D eigenvalue weighted by Gasteiger charge is -2.27. The highest BCUT2D eigenvalue weighted by Crippen LogP contribution is 2.50. The predicted octanol–water partition coefficient (Wildman–Crippen LogP) is 15.0. The van der Waals surface area contributed by atoms with E-state index in [1.54, 1.807) is 0 Å². The maximum Gasteiger partial charge on any atom is 0.0554 e. The zero-order valence-corrected chi connectivity index (χ0v) is 29.1. The van der Waals surface area contributed by atoms with Crippen molar-refractivity contribution in [2.45, 2.75) is 0 Å². The molecule has 0 aliphatic heterocycles. The summed E-state index contributed by atoms with van der Waals surface area (Å²) in [6.07, 6.45) is 0. The van der Waals surface area contributed by atoms with Crippen LogP contribution in [0.5, 0.6) is 0 Å². The number of fused-ring (bicyclic) bond motifs is 10. The zero-order valence-electron chi connectivity index (χ0n) is 27.5. The Morgan fingerprint density at radius 3 is 1.63 bits per heavy atom. The van der Waals surface area contributed by atoms with Crippen molar-refractivity contribution in [1.82, 2.24) is 0 Å². The molecule has 0 unspecified atom stereocenters. The molecule has 0 spiro atoms. The summed E-state index contributed by atoms with van der Waals surface area (Å²) in [7, 11) is 0. The van der Waals surface area contributed by atoms with Gasteiger partial charge in [-0.1, -0.05) is 127 Å². The fraction of sp³-hybridized carbons (Fsp3) is 0. The summed E-state index contributed by atoms with van der Waals surface area (Å²) in [4.78, 5) is 2.47. The average molecular weight is 684 g/mol. The van der Waals surface area contributed by atoms with Gasteiger partial charge in [-0.15, -0.1) is 22.7 Å². The van der Waals surface area contributed by atoms with Gasteiger partial charge in [-0.2, -0.15) is 0 Å². The fourth-order valence-corrected chi connectivity index (χ4v) is 10.5. The summed E-state index contributed by atoms with van der Waals surface area (Å²) >= 11 is 3.81. The molecule has 1 nitrogen and oxygen atoms in total. The van der Waals surface area contributed by atoms with Crippen molar-refractivity contribution in [3.05, 3.63) is 176 Å². The second kappa shape index (κ2) is 11.3. The van der Waals surface area contributed by atoms with Gasteiger partial charge in [-0.25, -0.2) is 0 Å². The molecule has 0 N–H and O–H groups in total. The number of thiophene rings is 2. The van der Waals surface area contributed by atoms with Gasteiger partial charge < -0.3 is 4.90 Å². The van der Waals surface area contributed by atoms with Crippen molar-refractivity contribution in [3.8, 4) is 11.1 Å². The molecule has 0 aliphatic rings. The molecule has 2 aromatic heterocycles. The Bertz CT molecular complexity index is 3090. The molecule has 0 amide bonds. The van der Waals surface area contributed by atoms with E-state index in [4.69, 9.17) is 0 Å². The van der Waals surface area contributed by atoms with Crippen molar-refractivity contribution >= 4 is 112 Å². The molecular weight excluding hydrogens is 655 g/mol. The Hall–Kier alpha value is -6.00. The molecule has 9 aromatic carbocycles. The van der Waals surface area contributed by atoms with Crippen LogP contribution in [0.3, 0.4) is 0 Å². The van der Waals surface area contributed by atoms with Crippen molar-refractivity contribution in [3.63, 3.8) is 0 Å². The monoisotopic (exact) mass is 683 g/mol. The van der Waals surface area contributed by atoms with Gasteiger partial charge in [-0.3, -0.25) is 0 Å². The number of hydrogen-bond donors (Lipinski definition) is 0. The number of benzene rings is 9. The molecule has 2 heterocycles. The van der Waals surface area contributed by atoms with Gasteiger partial charge in [0.1, 0.15) is 0 Å². The molecule has 11 rings (SSSR count). The number of anilines is 3. The van der Waals surface area contributed by atoms with Gasteiger partial charge in [0.05, 0.1) is 5.69 Å². The van der Waals surface area contributed by atoms with Crippen LogP contribution in [0, 0.1) is 0 Å². The third-order valence-corrected chi connectivity index (χ3v) is 12.8. The van der Waals surface area contributed by atoms with E-state index in [-0.39, 0.29) is 0 Å². The summed E-state index contributed by atoms with van der Waals surface area (Å²) < 4.78 is 5.29. The highest BCUT2D eigenvalue weighted by atomic mass is 32.1. The standard InChI is InChI=1S/C48H29NS2/c1-3-13-32-27-34(25-23-30(32)11-1)49(35-26-24-31-12-2-4-14-33(31)28-35)43-20-10-22-45-46(43)42-29-41(36-15-5-6-17-38(36)48(42)51-45)40-19-9-18-39-37-16-7-8-21-44(37)50-47(39)40/h1-29H. The molecule has 0 saturated heterocycles. The van der Waals surface area contributed by atoms with E-state index < -0.39 is 0 Å². The SMILES string of the molecule is c1ccc2cc(N(c3ccc4ccccc4c3)c3cccc4sc5c6ccccc6c(-c6cccc7c6sc6ccccc67)cc5c34)ccc2c1. The first-order valence-corrected chi connectivity index (χ1v) is 19.0. The van der Waals surface area contributed by atoms with Gasteiger partial charge in [0.15, 0.2) is 0 Å². The number of rotatable bonds is 4. The molecule has 11 aromatic rings. The summed E-state index contributed by atoms with van der Waals surface area (Å²) in [6, 6.07) is 64.9. The molecule has 51 heavy (non-hydrogen) atoms. The first-order chi connectivity index (χ1) is 25.3. The van der Waals surface area contributed by atoms with E-state index in [1.165, 1.54) is 89.5 Å². The van der Waals surface area contributed by atoms with Crippen LogP contribution in [-0.2, 0) is 0 Å². The Labute approximate surface area is 302 Å². The zero-order chi connectivity index (χ0) is 33.5. The summed E-state index contributed by atoms with van der Waals surface area (Å²) in [5, 5.41) is 12.8. The van der Waals surface area contributed by atoms with Gasteiger partial charge >= 0.3 is 0 Å². The topological polar surface area (TPSA) is 3.24 Å². The second-order valence-corrected chi connectivity index (χ2v) is 15.4. The lowest BCUT2D eigenvalue weighted by molar-refractivity contribution is 1.31. The highest BCUT2D eigenvalue weighted by Gasteiger charge is 2.22. The molecular formula is C48H29NS2. The first-order valence-electron chi connectivity index (χ1n) is 17.3. The van der Waals surface area contributed by atoms with E-state index in [0.29, 0.717) is 0 Å². The van der Waals surface area contributed by atoms with Gasteiger partial charge in [0, 0.05) is 62.7 Å². The van der Waals surface area contributed by atoms with Crippen LogP contribution in [0.2, 0.25) is 0 Å². The third-order valence-electron chi connectivity index (χ3n) is 10.4. The normalized spacial score (nSPS) is 11.9. The molecule has 0 aliphatic carbocycles. The average Bonchev–Trinajstić information content (AvgIpc) is 3.77. The molecule has 0 bridgehead atoms. The molecule has 0 saturated carbocycles. The van der Waals surface area contributed by atoms with Gasteiger partial charge in [0.2, 0.25) is 0 Å². The molecule has 0 fully saturated rings. The van der Waals surface area contributed by atoms with E-state index in [2.05, 4.69) is 181 Å². The summed E-state index contributed by atoms with van der Waals surface area (Å²) in [5.41, 5.74) is 6.06. The van der Waals surface area contributed by atoms with Crippen molar-refractivity contribution in [2.24, 2.45) is 0 Å². The fourth-order valence-electron chi connectivity index (χ4n) is 8.06. The van der Waals surface area contributed by atoms with Crippen LogP contribution in [0.4, 0.5) is 17.1 Å². The van der Waals surface area contributed by atoms with Crippen LogP contribution in [0.25, 0.3) is 83.8 Å². The quantitative estimate of drug-likeness (QED) is 0.178. The van der Waals surface area contributed by atoms with Crippen LogP contribution in [0.15, 0.2) is 176 Å². The van der Waals surface area contributed by atoms with Gasteiger partial charge in [-0.05, 0) is 81.0 Å².